The number of benzene rings is 2. The minimum atomic E-state index is -0.594. The Morgan fingerprint density at radius 1 is 1.00 bits per heavy atom. The molecule has 5 heteroatoms. The first-order valence-electron chi connectivity index (χ1n) is 7.06. The lowest BCUT2D eigenvalue weighted by Crippen LogP contribution is -2.27. The number of nitrogens with one attached hydrogen (secondary N) is 3. The van der Waals surface area contributed by atoms with E-state index >= 15 is 0 Å². The average Bonchev–Trinajstić information content (AvgIpc) is 2.71. The van der Waals surface area contributed by atoms with Crippen LogP contribution in [0, 0.1) is 0 Å². The van der Waals surface area contributed by atoms with Gasteiger partial charge in [0.15, 0.2) is 0 Å². The molecule has 1 aliphatic heterocycles. The van der Waals surface area contributed by atoms with E-state index in [0.717, 1.165) is 16.9 Å². The number of urea groups is 1. The number of para-hydroxylation sites is 1. The minimum absolute atomic E-state index is 0.0339. The van der Waals surface area contributed by atoms with Crippen molar-refractivity contribution in [3.8, 4) is 0 Å². The Labute approximate surface area is 128 Å². The molecule has 0 fully saturated rings. The van der Waals surface area contributed by atoms with Crippen LogP contribution in [0.2, 0.25) is 0 Å². The number of carbonyl (C=O) groups excluding carboxylic acids is 2. The van der Waals surface area contributed by atoms with E-state index in [1.54, 1.807) is 12.1 Å². The molecule has 22 heavy (non-hydrogen) atoms. The third-order valence-electron chi connectivity index (χ3n) is 3.80. The SMILES string of the molecule is CC1(C)C(=O)Nc2ccc(NC(=O)Nc3ccccc3)cc21. The molecule has 0 aromatic heterocycles. The highest BCUT2D eigenvalue weighted by molar-refractivity contribution is 6.06. The average molecular weight is 295 g/mol. The molecule has 0 bridgehead atoms. The molecule has 0 radical (unpaired) electrons. The van der Waals surface area contributed by atoms with Crippen LogP contribution in [0.4, 0.5) is 21.9 Å². The Morgan fingerprint density at radius 3 is 2.41 bits per heavy atom. The first-order valence-corrected chi connectivity index (χ1v) is 7.06. The summed E-state index contributed by atoms with van der Waals surface area (Å²) in [7, 11) is 0. The molecule has 0 saturated heterocycles. The third kappa shape index (κ3) is 2.53. The zero-order chi connectivity index (χ0) is 15.7. The fourth-order valence-corrected chi connectivity index (χ4v) is 2.46. The summed E-state index contributed by atoms with van der Waals surface area (Å²) in [6.07, 6.45) is 0. The highest BCUT2D eigenvalue weighted by Gasteiger charge is 2.38. The number of amides is 3. The number of hydrogen-bond donors (Lipinski definition) is 3. The second-order valence-corrected chi connectivity index (χ2v) is 5.78. The van der Waals surface area contributed by atoms with Crippen molar-refractivity contribution in [2.24, 2.45) is 0 Å². The van der Waals surface area contributed by atoms with Crippen LogP contribution >= 0.6 is 0 Å². The van der Waals surface area contributed by atoms with E-state index in [9.17, 15) is 9.59 Å². The minimum Gasteiger partial charge on any atom is -0.325 e. The molecule has 0 saturated carbocycles. The third-order valence-corrected chi connectivity index (χ3v) is 3.80. The Morgan fingerprint density at radius 2 is 1.68 bits per heavy atom. The van der Waals surface area contributed by atoms with Gasteiger partial charge in [0.2, 0.25) is 5.91 Å². The highest BCUT2D eigenvalue weighted by atomic mass is 16.2. The number of hydrogen-bond acceptors (Lipinski definition) is 2. The van der Waals surface area contributed by atoms with Gasteiger partial charge in [-0.1, -0.05) is 18.2 Å². The molecule has 3 N–H and O–H groups in total. The van der Waals surface area contributed by atoms with E-state index in [-0.39, 0.29) is 11.9 Å². The van der Waals surface area contributed by atoms with Crippen molar-refractivity contribution < 1.29 is 9.59 Å². The zero-order valence-corrected chi connectivity index (χ0v) is 12.4. The molecule has 0 aliphatic carbocycles. The summed E-state index contributed by atoms with van der Waals surface area (Å²) in [6.45, 7) is 3.73. The molecular formula is C17H17N3O2. The monoisotopic (exact) mass is 295 g/mol. The normalized spacial score (nSPS) is 14.9. The van der Waals surface area contributed by atoms with Gasteiger partial charge in [-0.2, -0.15) is 0 Å². The molecule has 5 nitrogen and oxygen atoms in total. The lowest BCUT2D eigenvalue weighted by Gasteiger charge is -2.16. The Bertz CT molecular complexity index is 739. The molecule has 112 valence electrons. The van der Waals surface area contributed by atoms with Gasteiger partial charge in [-0.05, 0) is 49.7 Å². The van der Waals surface area contributed by atoms with E-state index in [0.29, 0.717) is 5.69 Å². The first-order chi connectivity index (χ1) is 10.5. The van der Waals surface area contributed by atoms with Crippen molar-refractivity contribution in [2.75, 3.05) is 16.0 Å². The topological polar surface area (TPSA) is 70.2 Å². The Hall–Kier alpha value is -2.82. The van der Waals surface area contributed by atoms with Crippen LogP contribution in [0.25, 0.3) is 0 Å². The maximum absolute atomic E-state index is 12.0. The molecule has 3 rings (SSSR count). The first kappa shape index (κ1) is 14.1. The van der Waals surface area contributed by atoms with Crippen LogP contribution in [-0.2, 0) is 10.2 Å². The van der Waals surface area contributed by atoms with Gasteiger partial charge in [-0.25, -0.2) is 4.79 Å². The smallest absolute Gasteiger partial charge is 0.323 e. The van der Waals surface area contributed by atoms with E-state index in [2.05, 4.69) is 16.0 Å². The van der Waals surface area contributed by atoms with Gasteiger partial charge in [-0.3, -0.25) is 4.79 Å². The number of fused-ring (bicyclic) bond motifs is 1. The van der Waals surface area contributed by atoms with Crippen LogP contribution in [0.15, 0.2) is 48.5 Å². The predicted molar refractivity (Wildman–Crippen MR) is 87.2 cm³/mol. The summed E-state index contributed by atoms with van der Waals surface area (Å²) in [6, 6.07) is 14.3. The molecule has 2 aromatic rings. The van der Waals surface area contributed by atoms with E-state index in [1.165, 1.54) is 0 Å². The van der Waals surface area contributed by atoms with Crippen molar-refractivity contribution >= 4 is 29.0 Å². The summed E-state index contributed by atoms with van der Waals surface area (Å²) in [5, 5.41) is 8.38. The van der Waals surface area contributed by atoms with Crippen LogP contribution in [-0.4, -0.2) is 11.9 Å². The number of rotatable bonds is 2. The van der Waals surface area contributed by atoms with Crippen LogP contribution < -0.4 is 16.0 Å². The molecule has 0 spiro atoms. The molecule has 0 atom stereocenters. The summed E-state index contributed by atoms with van der Waals surface area (Å²) in [4.78, 5) is 23.9. The van der Waals surface area contributed by atoms with Crippen LogP contribution in [0.5, 0.6) is 0 Å². The van der Waals surface area contributed by atoms with Gasteiger partial charge >= 0.3 is 6.03 Å². The van der Waals surface area contributed by atoms with Gasteiger partial charge in [0.05, 0.1) is 5.41 Å². The van der Waals surface area contributed by atoms with Crippen LogP contribution in [0.3, 0.4) is 0 Å². The maximum Gasteiger partial charge on any atom is 0.323 e. The lowest BCUT2D eigenvalue weighted by molar-refractivity contribution is -0.119. The van der Waals surface area contributed by atoms with Crippen molar-refractivity contribution in [1.82, 2.24) is 0 Å². The molecule has 2 aromatic carbocycles. The zero-order valence-electron chi connectivity index (χ0n) is 12.4. The van der Waals surface area contributed by atoms with Gasteiger partial charge in [0.25, 0.3) is 0 Å². The second kappa shape index (κ2) is 5.18. The molecule has 1 aliphatic rings. The summed E-state index contributed by atoms with van der Waals surface area (Å²) in [5.41, 5.74) is 2.46. The van der Waals surface area contributed by atoms with Gasteiger partial charge in [0.1, 0.15) is 0 Å². The van der Waals surface area contributed by atoms with Gasteiger partial charge < -0.3 is 16.0 Å². The lowest BCUT2D eigenvalue weighted by atomic mass is 9.86. The van der Waals surface area contributed by atoms with Gasteiger partial charge in [0, 0.05) is 17.1 Å². The van der Waals surface area contributed by atoms with Crippen molar-refractivity contribution in [2.45, 2.75) is 19.3 Å². The molecule has 3 amide bonds. The summed E-state index contributed by atoms with van der Waals surface area (Å²) < 4.78 is 0. The van der Waals surface area contributed by atoms with Gasteiger partial charge in [-0.15, -0.1) is 0 Å². The quantitative estimate of drug-likeness (QED) is 0.792. The maximum atomic E-state index is 12.0. The second-order valence-electron chi connectivity index (χ2n) is 5.78. The summed E-state index contributed by atoms with van der Waals surface area (Å²) >= 11 is 0. The van der Waals surface area contributed by atoms with E-state index in [4.69, 9.17) is 0 Å². The fraction of sp³-hybridized carbons (Fsp3) is 0.176. The van der Waals surface area contributed by atoms with Crippen molar-refractivity contribution in [3.63, 3.8) is 0 Å². The number of carbonyl (C=O) groups is 2. The molecule has 0 unspecified atom stereocenters. The standard InChI is InChI=1S/C17H17N3O2/c1-17(2)13-10-12(8-9-14(13)20-15(17)21)19-16(22)18-11-6-4-3-5-7-11/h3-10H,1-2H3,(H,20,21)(H2,18,19,22). The molecule has 1 heterocycles. The molecular weight excluding hydrogens is 278 g/mol. The number of anilines is 3. The van der Waals surface area contributed by atoms with E-state index in [1.807, 2.05) is 50.2 Å². The Balaban J connectivity index is 1.76. The van der Waals surface area contributed by atoms with Crippen LogP contribution in [0.1, 0.15) is 19.4 Å². The largest absolute Gasteiger partial charge is 0.325 e. The van der Waals surface area contributed by atoms with E-state index < -0.39 is 5.41 Å². The summed E-state index contributed by atoms with van der Waals surface area (Å²) in [5.74, 6) is -0.0339. The Kier molecular flexibility index (Phi) is 3.33. The predicted octanol–water partition coefficient (Wildman–Crippen LogP) is 3.56. The fourth-order valence-electron chi connectivity index (χ4n) is 2.46. The highest BCUT2D eigenvalue weighted by Crippen LogP contribution is 2.38. The van der Waals surface area contributed by atoms with Crippen molar-refractivity contribution in [1.29, 1.82) is 0 Å². The van der Waals surface area contributed by atoms with Crippen molar-refractivity contribution in [3.05, 3.63) is 54.1 Å².